The van der Waals surface area contributed by atoms with Gasteiger partial charge in [0.25, 0.3) is 0 Å². The lowest BCUT2D eigenvalue weighted by atomic mass is 10.1. The SMILES string of the molecule is N#Cc1c(-c2cccnc2)nn(CCC=O)c1N. The van der Waals surface area contributed by atoms with Gasteiger partial charge < -0.3 is 10.5 Å². The Morgan fingerprint density at radius 2 is 2.39 bits per heavy atom. The summed E-state index contributed by atoms with van der Waals surface area (Å²) in [6.07, 6.45) is 4.36. The molecule has 0 saturated heterocycles. The van der Waals surface area contributed by atoms with Gasteiger partial charge in [-0.05, 0) is 12.1 Å². The number of nitrogens with zero attached hydrogens (tertiary/aromatic N) is 4. The van der Waals surface area contributed by atoms with Gasteiger partial charge in [-0.2, -0.15) is 10.4 Å². The van der Waals surface area contributed by atoms with Gasteiger partial charge in [0.15, 0.2) is 0 Å². The fourth-order valence-corrected chi connectivity index (χ4v) is 1.64. The maximum absolute atomic E-state index is 10.4. The fourth-order valence-electron chi connectivity index (χ4n) is 1.64. The van der Waals surface area contributed by atoms with Gasteiger partial charge in [-0.15, -0.1) is 0 Å². The number of aromatic nitrogens is 3. The van der Waals surface area contributed by atoms with E-state index in [1.807, 2.05) is 6.07 Å². The van der Waals surface area contributed by atoms with Gasteiger partial charge in [0.1, 0.15) is 29.4 Å². The number of pyridine rings is 1. The van der Waals surface area contributed by atoms with Gasteiger partial charge >= 0.3 is 0 Å². The summed E-state index contributed by atoms with van der Waals surface area (Å²) in [6, 6.07) is 5.60. The molecular formula is C12H11N5O. The van der Waals surface area contributed by atoms with Crippen LogP contribution in [-0.2, 0) is 11.3 Å². The monoisotopic (exact) mass is 241 g/mol. The van der Waals surface area contributed by atoms with Crippen LogP contribution in [0.3, 0.4) is 0 Å². The Balaban J connectivity index is 2.48. The number of nitrogens with two attached hydrogens (primary N) is 1. The number of aldehydes is 1. The summed E-state index contributed by atoms with van der Waals surface area (Å²) >= 11 is 0. The van der Waals surface area contributed by atoms with Crippen molar-refractivity contribution in [1.82, 2.24) is 14.8 Å². The normalized spacial score (nSPS) is 9.94. The molecule has 0 spiro atoms. The van der Waals surface area contributed by atoms with E-state index in [-0.39, 0.29) is 5.82 Å². The van der Waals surface area contributed by atoms with E-state index in [1.165, 1.54) is 4.68 Å². The van der Waals surface area contributed by atoms with Crippen LogP contribution in [0.5, 0.6) is 0 Å². The quantitative estimate of drug-likeness (QED) is 0.805. The second-order valence-electron chi connectivity index (χ2n) is 3.64. The number of carbonyl (C=O) groups is 1. The Morgan fingerprint density at radius 1 is 1.56 bits per heavy atom. The summed E-state index contributed by atoms with van der Waals surface area (Å²) in [5, 5.41) is 13.4. The molecule has 0 radical (unpaired) electrons. The molecule has 2 heterocycles. The second kappa shape index (κ2) is 5.10. The molecular weight excluding hydrogens is 230 g/mol. The van der Waals surface area contributed by atoms with E-state index in [0.717, 1.165) is 11.8 Å². The summed E-state index contributed by atoms with van der Waals surface area (Å²) in [4.78, 5) is 14.3. The first-order chi connectivity index (χ1) is 8.77. The molecule has 0 aliphatic heterocycles. The number of aryl methyl sites for hydroxylation is 1. The fraction of sp³-hybridized carbons (Fsp3) is 0.167. The van der Waals surface area contributed by atoms with Crippen LogP contribution in [0.15, 0.2) is 24.5 Å². The number of anilines is 1. The van der Waals surface area contributed by atoms with Crippen molar-refractivity contribution in [3.8, 4) is 17.3 Å². The van der Waals surface area contributed by atoms with E-state index in [1.54, 1.807) is 24.5 Å². The number of rotatable bonds is 4. The molecule has 0 aliphatic rings. The molecule has 0 aliphatic carbocycles. The van der Waals surface area contributed by atoms with E-state index in [9.17, 15) is 4.79 Å². The van der Waals surface area contributed by atoms with Gasteiger partial charge in [0.05, 0.1) is 0 Å². The van der Waals surface area contributed by atoms with Crippen molar-refractivity contribution in [2.75, 3.05) is 5.73 Å². The second-order valence-corrected chi connectivity index (χ2v) is 3.64. The molecule has 6 nitrogen and oxygen atoms in total. The summed E-state index contributed by atoms with van der Waals surface area (Å²) < 4.78 is 1.47. The Kier molecular flexibility index (Phi) is 3.34. The molecule has 0 atom stereocenters. The number of hydrogen-bond acceptors (Lipinski definition) is 5. The zero-order valence-corrected chi connectivity index (χ0v) is 9.58. The number of nitrogen functional groups attached to an aromatic ring is 1. The predicted octanol–water partition coefficient (Wildman–Crippen LogP) is 0.988. The summed E-state index contributed by atoms with van der Waals surface area (Å²) in [5.41, 5.74) is 7.37. The van der Waals surface area contributed by atoms with Crippen LogP contribution in [0.25, 0.3) is 11.3 Å². The van der Waals surface area contributed by atoms with Crippen molar-refractivity contribution in [2.24, 2.45) is 0 Å². The predicted molar refractivity (Wildman–Crippen MR) is 65.3 cm³/mol. The van der Waals surface area contributed by atoms with Crippen molar-refractivity contribution in [3.05, 3.63) is 30.1 Å². The van der Waals surface area contributed by atoms with Crippen LogP contribution in [-0.4, -0.2) is 21.1 Å². The molecule has 6 heteroatoms. The van der Waals surface area contributed by atoms with Crippen LogP contribution in [0, 0.1) is 11.3 Å². The van der Waals surface area contributed by atoms with E-state index >= 15 is 0 Å². The number of hydrogen-bond donors (Lipinski definition) is 1. The molecule has 0 saturated carbocycles. The van der Waals surface area contributed by atoms with E-state index in [0.29, 0.717) is 24.2 Å². The molecule has 90 valence electrons. The molecule has 0 bridgehead atoms. The lowest BCUT2D eigenvalue weighted by Gasteiger charge is -1.98. The third-order valence-electron chi connectivity index (χ3n) is 2.50. The largest absolute Gasteiger partial charge is 0.383 e. The van der Waals surface area contributed by atoms with Gasteiger partial charge in [0, 0.05) is 30.9 Å². The van der Waals surface area contributed by atoms with E-state index in [4.69, 9.17) is 11.0 Å². The first kappa shape index (κ1) is 11.8. The molecule has 18 heavy (non-hydrogen) atoms. The van der Waals surface area contributed by atoms with Crippen LogP contribution < -0.4 is 5.73 Å². The van der Waals surface area contributed by atoms with Crippen molar-refractivity contribution < 1.29 is 4.79 Å². The third-order valence-corrected chi connectivity index (χ3v) is 2.50. The van der Waals surface area contributed by atoms with Crippen molar-refractivity contribution >= 4 is 12.1 Å². The minimum Gasteiger partial charge on any atom is -0.383 e. The Bertz CT molecular complexity index is 597. The summed E-state index contributed by atoms with van der Waals surface area (Å²) in [6.45, 7) is 0.365. The van der Waals surface area contributed by atoms with E-state index in [2.05, 4.69) is 10.1 Å². The Hall–Kier alpha value is -2.68. The smallest absolute Gasteiger partial charge is 0.140 e. The highest BCUT2D eigenvalue weighted by Gasteiger charge is 2.16. The Labute approximate surface area is 104 Å². The van der Waals surface area contributed by atoms with Crippen LogP contribution >= 0.6 is 0 Å². The third kappa shape index (κ3) is 2.06. The molecule has 2 rings (SSSR count). The van der Waals surface area contributed by atoms with Crippen LogP contribution in [0.1, 0.15) is 12.0 Å². The average Bonchev–Trinajstić information content (AvgIpc) is 2.74. The minimum absolute atomic E-state index is 0.276. The molecule has 2 N–H and O–H groups in total. The summed E-state index contributed by atoms with van der Waals surface area (Å²) in [7, 11) is 0. The molecule has 0 unspecified atom stereocenters. The zero-order valence-electron chi connectivity index (χ0n) is 9.58. The Morgan fingerprint density at radius 3 is 3.00 bits per heavy atom. The maximum Gasteiger partial charge on any atom is 0.140 e. The first-order valence-corrected chi connectivity index (χ1v) is 5.38. The topological polar surface area (TPSA) is 97.6 Å². The highest BCUT2D eigenvalue weighted by molar-refractivity contribution is 5.72. The van der Waals surface area contributed by atoms with E-state index < -0.39 is 0 Å². The van der Waals surface area contributed by atoms with Gasteiger partial charge in [-0.3, -0.25) is 4.98 Å². The number of carbonyl (C=O) groups excluding carboxylic acids is 1. The van der Waals surface area contributed by atoms with Gasteiger partial charge in [-0.25, -0.2) is 4.68 Å². The van der Waals surface area contributed by atoms with Gasteiger partial charge in [0.2, 0.25) is 0 Å². The van der Waals surface area contributed by atoms with Crippen molar-refractivity contribution in [2.45, 2.75) is 13.0 Å². The minimum atomic E-state index is 0.276. The molecule has 0 fully saturated rings. The van der Waals surface area contributed by atoms with Crippen LogP contribution in [0.2, 0.25) is 0 Å². The zero-order chi connectivity index (χ0) is 13.0. The highest BCUT2D eigenvalue weighted by Crippen LogP contribution is 2.25. The molecule has 0 amide bonds. The lowest BCUT2D eigenvalue weighted by Crippen LogP contribution is -2.05. The molecule has 2 aromatic heterocycles. The number of nitriles is 1. The lowest BCUT2D eigenvalue weighted by molar-refractivity contribution is -0.108. The highest BCUT2D eigenvalue weighted by atomic mass is 16.1. The molecule has 2 aromatic rings. The van der Waals surface area contributed by atoms with Crippen molar-refractivity contribution in [3.63, 3.8) is 0 Å². The molecule has 0 aromatic carbocycles. The van der Waals surface area contributed by atoms with Gasteiger partial charge in [-0.1, -0.05) is 0 Å². The first-order valence-electron chi connectivity index (χ1n) is 5.38. The maximum atomic E-state index is 10.4. The van der Waals surface area contributed by atoms with Crippen molar-refractivity contribution in [1.29, 1.82) is 5.26 Å². The van der Waals surface area contributed by atoms with Crippen LogP contribution in [0.4, 0.5) is 5.82 Å². The summed E-state index contributed by atoms with van der Waals surface area (Å²) in [5.74, 6) is 0.276. The average molecular weight is 241 g/mol. The standard InChI is InChI=1S/C12H11N5O/c13-7-10-11(9-3-1-4-15-8-9)16-17(12(10)14)5-2-6-18/h1,3-4,6,8H,2,5,14H2.